The molecule has 0 spiro atoms. The summed E-state index contributed by atoms with van der Waals surface area (Å²) in [5.41, 5.74) is 0.141. The fourth-order valence-electron chi connectivity index (χ4n) is 1.17. The number of aldehydes is 1. The minimum atomic E-state index is -0.406. The minimum absolute atomic E-state index is 0.0135. The lowest BCUT2D eigenvalue weighted by Crippen LogP contribution is -1.98. The molecule has 4 heteroatoms. The molecule has 0 saturated carbocycles. The molecule has 0 atom stereocenters. The zero-order chi connectivity index (χ0) is 10.7. The first-order chi connectivity index (χ1) is 6.60. The number of phenolic OH excluding ortho intramolecular Hbond substituents is 1. The van der Waals surface area contributed by atoms with Crippen molar-refractivity contribution >= 4 is 12.1 Å². The Kier molecular flexibility index (Phi) is 2.63. The van der Waals surface area contributed by atoms with E-state index >= 15 is 0 Å². The van der Waals surface area contributed by atoms with Crippen LogP contribution < -0.4 is 0 Å². The first kappa shape index (κ1) is 9.93. The average molecular weight is 189 g/mol. The van der Waals surface area contributed by atoms with Crippen LogP contribution in [-0.2, 0) is 0 Å². The quantitative estimate of drug-likeness (QED) is 0.561. The van der Waals surface area contributed by atoms with E-state index in [4.69, 9.17) is 5.26 Å². The fourth-order valence-corrected chi connectivity index (χ4v) is 1.17. The van der Waals surface area contributed by atoms with E-state index in [1.165, 1.54) is 13.0 Å². The van der Waals surface area contributed by atoms with Gasteiger partial charge in [-0.05, 0) is 19.1 Å². The van der Waals surface area contributed by atoms with Crippen LogP contribution in [-0.4, -0.2) is 17.2 Å². The van der Waals surface area contributed by atoms with Crippen LogP contribution in [0.2, 0.25) is 0 Å². The van der Waals surface area contributed by atoms with Gasteiger partial charge in [0.05, 0.1) is 11.1 Å². The second kappa shape index (κ2) is 3.71. The number of hydrogen-bond acceptors (Lipinski definition) is 4. The lowest BCUT2D eigenvalue weighted by molar-refractivity contribution is 0.101. The molecule has 1 N–H and O–H groups in total. The van der Waals surface area contributed by atoms with Crippen molar-refractivity contribution in [2.24, 2.45) is 0 Å². The highest BCUT2D eigenvalue weighted by Gasteiger charge is 2.13. The van der Waals surface area contributed by atoms with Crippen molar-refractivity contribution < 1.29 is 14.7 Å². The van der Waals surface area contributed by atoms with Crippen LogP contribution in [0.3, 0.4) is 0 Å². The highest BCUT2D eigenvalue weighted by Crippen LogP contribution is 2.22. The number of ketones is 1. The third-order valence-corrected chi connectivity index (χ3v) is 1.75. The van der Waals surface area contributed by atoms with E-state index in [0.29, 0.717) is 6.29 Å². The monoisotopic (exact) mass is 189 g/mol. The van der Waals surface area contributed by atoms with Gasteiger partial charge >= 0.3 is 0 Å². The molecular weight excluding hydrogens is 182 g/mol. The minimum Gasteiger partial charge on any atom is -0.507 e. The number of rotatable bonds is 2. The molecule has 14 heavy (non-hydrogen) atoms. The standard InChI is InChI=1S/C10H7NO3/c1-6(13)10-8(4-11)2-7(5-12)3-9(10)14/h2-3,5,14H,1H3. The number of carbonyl (C=O) groups excluding carboxylic acids is 2. The number of aromatic hydroxyl groups is 1. The molecule has 4 nitrogen and oxygen atoms in total. The normalized spacial score (nSPS) is 9.14. The summed E-state index contributed by atoms with van der Waals surface area (Å²) in [5, 5.41) is 18.1. The van der Waals surface area contributed by atoms with Crippen LogP contribution in [0.15, 0.2) is 12.1 Å². The van der Waals surface area contributed by atoms with Gasteiger partial charge in [0, 0.05) is 5.56 Å². The molecule has 0 bridgehead atoms. The number of benzene rings is 1. The Balaban J connectivity index is 3.52. The Morgan fingerprint density at radius 2 is 2.21 bits per heavy atom. The second-order valence-corrected chi connectivity index (χ2v) is 2.75. The third-order valence-electron chi connectivity index (χ3n) is 1.75. The van der Waals surface area contributed by atoms with Gasteiger partial charge in [-0.15, -0.1) is 0 Å². The molecule has 0 amide bonds. The van der Waals surface area contributed by atoms with Crippen LogP contribution in [0, 0.1) is 11.3 Å². The highest BCUT2D eigenvalue weighted by atomic mass is 16.3. The molecule has 0 aliphatic carbocycles. The maximum absolute atomic E-state index is 11.0. The average Bonchev–Trinajstić information content (AvgIpc) is 2.15. The number of Topliss-reactive ketones (excluding diaryl/α,β-unsaturated/α-hetero) is 1. The molecule has 0 saturated heterocycles. The SMILES string of the molecule is CC(=O)c1c(O)cc(C=O)cc1C#N. The molecule has 0 heterocycles. The Labute approximate surface area is 80.4 Å². The molecule has 0 unspecified atom stereocenters. The van der Waals surface area contributed by atoms with E-state index in [1.807, 2.05) is 0 Å². The van der Waals surface area contributed by atoms with E-state index in [1.54, 1.807) is 6.07 Å². The zero-order valence-electron chi connectivity index (χ0n) is 7.44. The smallest absolute Gasteiger partial charge is 0.164 e. The summed E-state index contributed by atoms with van der Waals surface area (Å²) in [4.78, 5) is 21.4. The summed E-state index contributed by atoms with van der Waals surface area (Å²) >= 11 is 0. The summed E-state index contributed by atoms with van der Waals surface area (Å²) in [7, 11) is 0. The molecule has 1 rings (SSSR count). The molecule has 0 fully saturated rings. The molecule has 1 aromatic rings. The van der Waals surface area contributed by atoms with Crippen molar-refractivity contribution in [1.29, 1.82) is 5.26 Å². The van der Waals surface area contributed by atoms with Gasteiger partial charge in [-0.2, -0.15) is 5.26 Å². The van der Waals surface area contributed by atoms with E-state index in [2.05, 4.69) is 0 Å². The van der Waals surface area contributed by atoms with Crippen molar-refractivity contribution in [3.63, 3.8) is 0 Å². The molecule has 0 aliphatic rings. The third kappa shape index (κ3) is 1.62. The number of nitriles is 1. The van der Waals surface area contributed by atoms with Crippen molar-refractivity contribution in [2.75, 3.05) is 0 Å². The first-order valence-electron chi connectivity index (χ1n) is 3.83. The van der Waals surface area contributed by atoms with Crippen LogP contribution in [0.5, 0.6) is 5.75 Å². The molecule has 0 radical (unpaired) electrons. The Hall–Kier alpha value is -2.15. The molecule has 1 aromatic carbocycles. The highest BCUT2D eigenvalue weighted by molar-refractivity contribution is 6.00. The summed E-state index contributed by atoms with van der Waals surface area (Å²) < 4.78 is 0. The summed E-state index contributed by atoms with van der Waals surface area (Å²) in [5.74, 6) is -0.741. The fraction of sp³-hybridized carbons (Fsp3) is 0.100. The topological polar surface area (TPSA) is 78.2 Å². The van der Waals surface area contributed by atoms with Crippen LogP contribution >= 0.6 is 0 Å². The zero-order valence-corrected chi connectivity index (χ0v) is 7.44. The summed E-state index contributed by atoms with van der Waals surface area (Å²) in [6.07, 6.45) is 0.504. The lowest BCUT2D eigenvalue weighted by Gasteiger charge is -2.03. The molecular formula is C10H7NO3. The van der Waals surface area contributed by atoms with E-state index in [9.17, 15) is 14.7 Å². The van der Waals surface area contributed by atoms with Gasteiger partial charge in [0.15, 0.2) is 5.78 Å². The Morgan fingerprint density at radius 3 is 2.64 bits per heavy atom. The predicted octanol–water partition coefficient (Wildman–Crippen LogP) is 1.28. The van der Waals surface area contributed by atoms with Crippen molar-refractivity contribution in [3.05, 3.63) is 28.8 Å². The van der Waals surface area contributed by atoms with Crippen LogP contribution in [0.25, 0.3) is 0 Å². The molecule has 0 aliphatic heterocycles. The predicted molar refractivity (Wildman–Crippen MR) is 48.2 cm³/mol. The van der Waals surface area contributed by atoms with Gasteiger partial charge in [0.25, 0.3) is 0 Å². The lowest BCUT2D eigenvalue weighted by atomic mass is 10.0. The molecule has 70 valence electrons. The van der Waals surface area contributed by atoms with Gasteiger partial charge in [-0.3, -0.25) is 9.59 Å². The largest absolute Gasteiger partial charge is 0.507 e. The van der Waals surface area contributed by atoms with Crippen molar-refractivity contribution in [3.8, 4) is 11.8 Å². The maximum atomic E-state index is 11.0. The van der Waals surface area contributed by atoms with Crippen LogP contribution in [0.4, 0.5) is 0 Å². The van der Waals surface area contributed by atoms with E-state index in [-0.39, 0.29) is 22.4 Å². The van der Waals surface area contributed by atoms with Gasteiger partial charge in [0.2, 0.25) is 0 Å². The Bertz CT molecular complexity index is 443. The first-order valence-corrected chi connectivity index (χ1v) is 3.83. The van der Waals surface area contributed by atoms with Gasteiger partial charge in [0.1, 0.15) is 18.1 Å². The number of phenols is 1. The maximum Gasteiger partial charge on any atom is 0.164 e. The van der Waals surface area contributed by atoms with E-state index < -0.39 is 5.78 Å². The summed E-state index contributed by atoms with van der Waals surface area (Å²) in [6, 6.07) is 4.18. The Morgan fingerprint density at radius 1 is 1.57 bits per heavy atom. The van der Waals surface area contributed by atoms with E-state index in [0.717, 1.165) is 6.07 Å². The number of carbonyl (C=O) groups is 2. The van der Waals surface area contributed by atoms with Crippen LogP contribution in [0.1, 0.15) is 33.2 Å². The van der Waals surface area contributed by atoms with Gasteiger partial charge < -0.3 is 5.11 Å². The molecule has 0 aromatic heterocycles. The van der Waals surface area contributed by atoms with Gasteiger partial charge in [-0.25, -0.2) is 0 Å². The summed E-state index contributed by atoms with van der Waals surface area (Å²) in [6.45, 7) is 1.25. The van der Waals surface area contributed by atoms with Gasteiger partial charge in [-0.1, -0.05) is 0 Å². The second-order valence-electron chi connectivity index (χ2n) is 2.75. The van der Waals surface area contributed by atoms with Crippen molar-refractivity contribution in [2.45, 2.75) is 6.92 Å². The number of hydrogen-bond donors (Lipinski definition) is 1. The number of nitrogens with zero attached hydrogens (tertiary/aromatic N) is 1. The van der Waals surface area contributed by atoms with Crippen molar-refractivity contribution in [1.82, 2.24) is 0 Å².